The highest BCUT2D eigenvalue weighted by Gasteiger charge is 2.16. The molecule has 0 fully saturated rings. The van der Waals surface area contributed by atoms with Crippen LogP contribution in [0.4, 0.5) is 5.95 Å². The fourth-order valence-electron chi connectivity index (χ4n) is 2.15. The summed E-state index contributed by atoms with van der Waals surface area (Å²) in [6.45, 7) is 6.25. The van der Waals surface area contributed by atoms with Gasteiger partial charge in [0.05, 0.1) is 14.2 Å². The van der Waals surface area contributed by atoms with Gasteiger partial charge in [-0.1, -0.05) is 6.07 Å². The molecule has 0 radical (unpaired) electrons. The third-order valence-corrected chi connectivity index (χ3v) is 3.28. The van der Waals surface area contributed by atoms with Gasteiger partial charge in [-0.3, -0.25) is 4.79 Å². The van der Waals surface area contributed by atoms with Crippen molar-refractivity contribution in [3.05, 3.63) is 41.7 Å². The van der Waals surface area contributed by atoms with Crippen LogP contribution in [-0.2, 0) is 6.54 Å². The van der Waals surface area contributed by atoms with Gasteiger partial charge in [0.25, 0.3) is 5.91 Å². The predicted molar refractivity (Wildman–Crippen MR) is 96.1 cm³/mol. The molecule has 1 aromatic heterocycles. The quantitative estimate of drug-likeness (QED) is 0.838. The van der Waals surface area contributed by atoms with E-state index in [0.29, 0.717) is 29.7 Å². The minimum absolute atomic E-state index is 0.232. The fraction of sp³-hybridized carbons (Fsp3) is 0.389. The summed E-state index contributed by atoms with van der Waals surface area (Å²) in [5.74, 6) is 1.48. The van der Waals surface area contributed by atoms with E-state index in [0.717, 1.165) is 5.56 Å². The highest BCUT2D eigenvalue weighted by atomic mass is 16.5. The number of hydrogen-bond acceptors (Lipinski definition) is 6. The maximum absolute atomic E-state index is 12.2. The average molecular weight is 344 g/mol. The van der Waals surface area contributed by atoms with Crippen molar-refractivity contribution in [1.82, 2.24) is 15.3 Å². The van der Waals surface area contributed by atoms with E-state index in [1.807, 2.05) is 39.0 Å². The van der Waals surface area contributed by atoms with Crippen molar-refractivity contribution < 1.29 is 14.3 Å². The van der Waals surface area contributed by atoms with Crippen LogP contribution in [0.15, 0.2) is 30.5 Å². The van der Waals surface area contributed by atoms with E-state index < -0.39 is 0 Å². The Bertz CT molecular complexity index is 741. The standard InChI is InChI=1S/C18H24N4O3/c1-18(2,3)22-16(23)13-8-9-19-17(21-13)20-11-12-6-7-14(24-4)15(10-12)25-5/h6-10H,11H2,1-5H3,(H,22,23)(H,19,20,21). The van der Waals surface area contributed by atoms with E-state index in [4.69, 9.17) is 9.47 Å². The Balaban J connectivity index is 2.06. The zero-order valence-corrected chi connectivity index (χ0v) is 15.2. The SMILES string of the molecule is COc1ccc(CNc2nccc(C(=O)NC(C)(C)C)n2)cc1OC. The van der Waals surface area contributed by atoms with E-state index in [9.17, 15) is 4.79 Å². The number of carbonyl (C=O) groups is 1. The Morgan fingerprint density at radius 2 is 1.84 bits per heavy atom. The van der Waals surface area contributed by atoms with Crippen molar-refractivity contribution in [2.24, 2.45) is 0 Å². The van der Waals surface area contributed by atoms with Gasteiger partial charge >= 0.3 is 0 Å². The van der Waals surface area contributed by atoms with Gasteiger partial charge in [-0.25, -0.2) is 9.97 Å². The summed E-state index contributed by atoms with van der Waals surface area (Å²) in [6, 6.07) is 7.22. The Labute approximate surface area is 147 Å². The lowest BCUT2D eigenvalue weighted by atomic mass is 10.1. The van der Waals surface area contributed by atoms with Gasteiger partial charge in [0.15, 0.2) is 11.5 Å². The lowest BCUT2D eigenvalue weighted by molar-refractivity contribution is 0.0914. The van der Waals surface area contributed by atoms with Crippen molar-refractivity contribution in [3.8, 4) is 11.5 Å². The first kappa shape index (κ1) is 18.5. The normalized spacial score (nSPS) is 10.9. The second kappa shape index (κ2) is 7.83. The number of benzene rings is 1. The second-order valence-corrected chi connectivity index (χ2v) is 6.51. The Morgan fingerprint density at radius 3 is 2.48 bits per heavy atom. The van der Waals surface area contributed by atoms with E-state index in [2.05, 4.69) is 20.6 Å². The predicted octanol–water partition coefficient (Wildman–Crippen LogP) is 2.63. The summed E-state index contributed by atoms with van der Waals surface area (Å²) >= 11 is 0. The van der Waals surface area contributed by atoms with Gasteiger partial charge in [-0.05, 0) is 44.5 Å². The van der Waals surface area contributed by atoms with E-state index in [-0.39, 0.29) is 11.4 Å². The van der Waals surface area contributed by atoms with Crippen molar-refractivity contribution >= 4 is 11.9 Å². The first-order valence-electron chi connectivity index (χ1n) is 7.93. The monoisotopic (exact) mass is 344 g/mol. The van der Waals surface area contributed by atoms with Crippen LogP contribution in [0.1, 0.15) is 36.8 Å². The number of carbonyl (C=O) groups excluding carboxylic acids is 1. The maximum atomic E-state index is 12.2. The molecule has 1 amide bonds. The number of methoxy groups -OCH3 is 2. The zero-order chi connectivity index (χ0) is 18.4. The Morgan fingerprint density at radius 1 is 1.12 bits per heavy atom. The second-order valence-electron chi connectivity index (χ2n) is 6.51. The highest BCUT2D eigenvalue weighted by Crippen LogP contribution is 2.27. The number of nitrogens with zero attached hydrogens (tertiary/aromatic N) is 2. The van der Waals surface area contributed by atoms with Crippen LogP contribution in [-0.4, -0.2) is 35.6 Å². The topological polar surface area (TPSA) is 85.4 Å². The summed E-state index contributed by atoms with van der Waals surface area (Å²) < 4.78 is 10.5. The molecule has 0 aliphatic carbocycles. The van der Waals surface area contributed by atoms with Crippen molar-refractivity contribution in [3.63, 3.8) is 0 Å². The minimum atomic E-state index is -0.324. The van der Waals surface area contributed by atoms with Crippen LogP contribution >= 0.6 is 0 Å². The third-order valence-electron chi connectivity index (χ3n) is 3.28. The summed E-state index contributed by atoms with van der Waals surface area (Å²) in [6.07, 6.45) is 1.56. The third kappa shape index (κ3) is 5.34. The van der Waals surface area contributed by atoms with E-state index in [1.54, 1.807) is 26.5 Å². The molecule has 2 rings (SSSR count). The summed E-state index contributed by atoms with van der Waals surface area (Å²) in [5.41, 5.74) is 0.973. The first-order chi connectivity index (χ1) is 11.8. The molecule has 0 aliphatic rings. The van der Waals surface area contributed by atoms with Gasteiger partial charge in [-0.2, -0.15) is 0 Å². The number of hydrogen-bond donors (Lipinski definition) is 2. The molecule has 2 aromatic rings. The maximum Gasteiger partial charge on any atom is 0.270 e. The van der Waals surface area contributed by atoms with Crippen LogP contribution in [0.3, 0.4) is 0 Å². The zero-order valence-electron chi connectivity index (χ0n) is 15.2. The summed E-state index contributed by atoms with van der Waals surface area (Å²) in [7, 11) is 3.19. The number of aromatic nitrogens is 2. The highest BCUT2D eigenvalue weighted by molar-refractivity contribution is 5.92. The molecule has 0 aliphatic heterocycles. The molecule has 7 nitrogen and oxygen atoms in total. The molecule has 0 spiro atoms. The van der Waals surface area contributed by atoms with Gasteiger partial charge in [0, 0.05) is 18.3 Å². The molecule has 1 heterocycles. The van der Waals surface area contributed by atoms with E-state index >= 15 is 0 Å². The lowest BCUT2D eigenvalue weighted by Gasteiger charge is -2.20. The van der Waals surface area contributed by atoms with Gasteiger partial charge in [0.1, 0.15) is 5.69 Å². The van der Waals surface area contributed by atoms with Crippen LogP contribution < -0.4 is 20.1 Å². The molecule has 0 saturated heterocycles. The van der Waals surface area contributed by atoms with Gasteiger partial charge in [-0.15, -0.1) is 0 Å². The summed E-state index contributed by atoms with van der Waals surface area (Å²) in [5, 5.41) is 5.99. The molecular formula is C18H24N4O3. The molecule has 134 valence electrons. The molecule has 0 unspecified atom stereocenters. The van der Waals surface area contributed by atoms with E-state index in [1.165, 1.54) is 0 Å². The molecule has 7 heteroatoms. The lowest BCUT2D eigenvalue weighted by Crippen LogP contribution is -2.41. The molecule has 0 bridgehead atoms. The van der Waals surface area contributed by atoms with Crippen molar-refractivity contribution in [1.29, 1.82) is 0 Å². The molecule has 0 saturated carbocycles. The molecular weight excluding hydrogens is 320 g/mol. The van der Waals surface area contributed by atoms with Crippen LogP contribution in [0.2, 0.25) is 0 Å². The van der Waals surface area contributed by atoms with Crippen molar-refractivity contribution in [2.75, 3.05) is 19.5 Å². The molecule has 1 aromatic carbocycles. The smallest absolute Gasteiger partial charge is 0.270 e. The van der Waals surface area contributed by atoms with Crippen LogP contribution in [0.25, 0.3) is 0 Å². The Hall–Kier alpha value is -2.83. The Kier molecular flexibility index (Phi) is 5.80. The fourth-order valence-corrected chi connectivity index (χ4v) is 2.15. The van der Waals surface area contributed by atoms with Crippen LogP contribution in [0, 0.1) is 0 Å². The molecule has 0 atom stereocenters. The number of ether oxygens (including phenoxy) is 2. The molecule has 2 N–H and O–H groups in total. The van der Waals surface area contributed by atoms with Crippen LogP contribution in [0.5, 0.6) is 11.5 Å². The van der Waals surface area contributed by atoms with Gasteiger partial charge < -0.3 is 20.1 Å². The average Bonchev–Trinajstić information content (AvgIpc) is 2.58. The largest absolute Gasteiger partial charge is 0.493 e. The number of anilines is 1. The van der Waals surface area contributed by atoms with Gasteiger partial charge in [0.2, 0.25) is 5.95 Å². The number of nitrogens with one attached hydrogen (secondary N) is 2. The van der Waals surface area contributed by atoms with Crippen molar-refractivity contribution in [2.45, 2.75) is 32.9 Å². The number of rotatable bonds is 6. The summed E-state index contributed by atoms with van der Waals surface area (Å²) in [4.78, 5) is 20.6. The number of amides is 1. The minimum Gasteiger partial charge on any atom is -0.493 e. The molecule has 25 heavy (non-hydrogen) atoms. The first-order valence-corrected chi connectivity index (χ1v) is 7.93.